The van der Waals surface area contributed by atoms with E-state index < -0.39 is 0 Å². The van der Waals surface area contributed by atoms with Gasteiger partial charge >= 0.3 is 0 Å². The van der Waals surface area contributed by atoms with Crippen molar-refractivity contribution < 1.29 is 4.79 Å². The largest absolute Gasteiger partial charge is 0.399 e. The number of carbonyl (C=O) groups is 1. The summed E-state index contributed by atoms with van der Waals surface area (Å²) in [6.07, 6.45) is 7.31. The lowest BCUT2D eigenvalue weighted by molar-refractivity contribution is 0.0921. The highest BCUT2D eigenvalue weighted by molar-refractivity contribution is 5.95. The number of nitrogen functional groups attached to an aromatic ring is 1. The minimum atomic E-state index is 0. The van der Waals surface area contributed by atoms with Gasteiger partial charge in [-0.25, -0.2) is 0 Å². The molecule has 0 atom stereocenters. The number of halogens is 1. The van der Waals surface area contributed by atoms with E-state index in [0.717, 1.165) is 18.8 Å². The molecule has 3 nitrogen and oxygen atoms in total. The lowest BCUT2D eigenvalue weighted by atomic mass is 9.83. The van der Waals surface area contributed by atoms with E-state index in [1.165, 1.54) is 25.7 Å². The van der Waals surface area contributed by atoms with Gasteiger partial charge in [-0.05, 0) is 49.8 Å². The quantitative estimate of drug-likeness (QED) is 0.831. The molecule has 1 aliphatic rings. The van der Waals surface area contributed by atoms with Crippen molar-refractivity contribution in [1.82, 2.24) is 5.32 Å². The first-order valence-electron chi connectivity index (χ1n) is 7.35. The number of carbonyl (C=O) groups excluding carboxylic acids is 1. The number of nitrogens with two attached hydrogens (primary N) is 1. The molecule has 4 heteroatoms. The van der Waals surface area contributed by atoms with E-state index in [-0.39, 0.29) is 18.3 Å². The second kappa shape index (κ2) is 8.15. The molecule has 1 amide bonds. The lowest BCUT2D eigenvalue weighted by Crippen LogP contribution is -2.37. The molecule has 0 spiro atoms. The minimum absolute atomic E-state index is 0. The Labute approximate surface area is 127 Å². The Bertz CT molecular complexity index is 428. The van der Waals surface area contributed by atoms with Crippen LogP contribution in [0.25, 0.3) is 0 Å². The number of hydrogen-bond acceptors (Lipinski definition) is 2. The summed E-state index contributed by atoms with van der Waals surface area (Å²) in [7, 11) is 0. The third-order valence-corrected chi connectivity index (χ3v) is 4.03. The van der Waals surface area contributed by atoms with Gasteiger partial charge < -0.3 is 11.1 Å². The summed E-state index contributed by atoms with van der Waals surface area (Å²) in [5.41, 5.74) is 7.00. The van der Waals surface area contributed by atoms with Gasteiger partial charge in [-0.2, -0.15) is 0 Å². The van der Waals surface area contributed by atoms with Crippen LogP contribution in [0.1, 0.15) is 55.8 Å². The van der Waals surface area contributed by atoms with E-state index in [1.807, 2.05) is 12.1 Å². The average Bonchev–Trinajstić information content (AvgIpc) is 2.41. The van der Waals surface area contributed by atoms with Crippen LogP contribution in [0.4, 0.5) is 5.69 Å². The number of benzene rings is 1. The van der Waals surface area contributed by atoms with Crippen LogP contribution in [-0.2, 0) is 0 Å². The van der Waals surface area contributed by atoms with Crippen molar-refractivity contribution in [2.75, 3.05) is 5.73 Å². The maximum atomic E-state index is 12.1. The van der Waals surface area contributed by atoms with E-state index >= 15 is 0 Å². The molecule has 0 bridgehead atoms. The van der Waals surface area contributed by atoms with Gasteiger partial charge in [0.1, 0.15) is 0 Å². The van der Waals surface area contributed by atoms with E-state index in [1.54, 1.807) is 12.1 Å². The summed E-state index contributed by atoms with van der Waals surface area (Å²) in [6.45, 7) is 2.24. The molecule has 0 aromatic heterocycles. The van der Waals surface area contributed by atoms with Gasteiger partial charge in [-0.15, -0.1) is 12.4 Å². The molecule has 0 radical (unpaired) electrons. The first-order valence-corrected chi connectivity index (χ1v) is 7.35. The molecule has 0 heterocycles. The van der Waals surface area contributed by atoms with Crippen molar-refractivity contribution in [3.8, 4) is 0 Å². The topological polar surface area (TPSA) is 55.1 Å². The molecule has 2 rings (SSSR count). The summed E-state index contributed by atoms with van der Waals surface area (Å²) in [5, 5.41) is 3.13. The van der Waals surface area contributed by atoms with Crippen molar-refractivity contribution in [3.63, 3.8) is 0 Å². The van der Waals surface area contributed by atoms with Crippen LogP contribution in [-0.4, -0.2) is 11.9 Å². The number of rotatable bonds is 4. The van der Waals surface area contributed by atoms with E-state index in [4.69, 9.17) is 5.73 Å². The van der Waals surface area contributed by atoms with Crippen LogP contribution in [0.2, 0.25) is 0 Å². The Morgan fingerprint density at radius 1 is 1.30 bits per heavy atom. The zero-order valence-electron chi connectivity index (χ0n) is 12.1. The summed E-state index contributed by atoms with van der Waals surface area (Å²) < 4.78 is 0. The summed E-state index contributed by atoms with van der Waals surface area (Å²) in [5.74, 6) is 0.872. The third-order valence-electron chi connectivity index (χ3n) is 4.03. The van der Waals surface area contributed by atoms with Gasteiger partial charge in [-0.1, -0.05) is 25.8 Å². The molecule has 0 saturated heterocycles. The number of amides is 1. The van der Waals surface area contributed by atoms with E-state index in [0.29, 0.717) is 17.3 Å². The SMILES string of the molecule is CCCC1CCC(NC(=O)c2cccc(N)c2)CC1.Cl. The molecule has 1 fully saturated rings. The average molecular weight is 297 g/mol. The van der Waals surface area contributed by atoms with Crippen LogP contribution >= 0.6 is 12.4 Å². The first kappa shape index (κ1) is 16.8. The third kappa shape index (κ3) is 4.71. The van der Waals surface area contributed by atoms with Crippen molar-refractivity contribution in [2.45, 2.75) is 51.5 Å². The summed E-state index contributed by atoms with van der Waals surface area (Å²) in [4.78, 5) is 12.1. The molecule has 1 saturated carbocycles. The van der Waals surface area contributed by atoms with Crippen LogP contribution in [0, 0.1) is 5.92 Å². The number of hydrogen-bond donors (Lipinski definition) is 2. The molecule has 0 unspecified atom stereocenters. The Morgan fingerprint density at radius 2 is 2.00 bits per heavy atom. The Morgan fingerprint density at radius 3 is 2.60 bits per heavy atom. The fourth-order valence-corrected chi connectivity index (χ4v) is 2.95. The van der Waals surface area contributed by atoms with Crippen LogP contribution in [0.15, 0.2) is 24.3 Å². The normalized spacial score (nSPS) is 21.9. The second-order valence-electron chi connectivity index (χ2n) is 5.61. The monoisotopic (exact) mass is 296 g/mol. The predicted octanol–water partition coefficient (Wildman–Crippen LogP) is 3.78. The summed E-state index contributed by atoms with van der Waals surface area (Å²) >= 11 is 0. The molecule has 20 heavy (non-hydrogen) atoms. The minimum Gasteiger partial charge on any atom is -0.399 e. The van der Waals surface area contributed by atoms with Crippen LogP contribution < -0.4 is 11.1 Å². The standard InChI is InChI=1S/C16H24N2O.ClH/c1-2-4-12-7-9-15(10-8-12)18-16(19)13-5-3-6-14(17)11-13;/h3,5-6,11-12,15H,2,4,7-10,17H2,1H3,(H,18,19);1H. The molecule has 1 aromatic carbocycles. The highest BCUT2D eigenvalue weighted by Crippen LogP contribution is 2.27. The lowest BCUT2D eigenvalue weighted by Gasteiger charge is -2.29. The molecular formula is C16H25ClN2O. The van der Waals surface area contributed by atoms with Gasteiger partial charge in [0.15, 0.2) is 0 Å². The van der Waals surface area contributed by atoms with Gasteiger partial charge in [0.05, 0.1) is 0 Å². The second-order valence-corrected chi connectivity index (χ2v) is 5.61. The fourth-order valence-electron chi connectivity index (χ4n) is 2.95. The fraction of sp³-hybridized carbons (Fsp3) is 0.562. The van der Waals surface area contributed by atoms with Crippen molar-refractivity contribution in [3.05, 3.63) is 29.8 Å². The highest BCUT2D eigenvalue weighted by Gasteiger charge is 2.22. The van der Waals surface area contributed by atoms with Gasteiger partial charge in [0.25, 0.3) is 5.91 Å². The maximum absolute atomic E-state index is 12.1. The molecule has 1 aromatic rings. The maximum Gasteiger partial charge on any atom is 0.251 e. The molecular weight excluding hydrogens is 272 g/mol. The Kier molecular flexibility index (Phi) is 6.86. The molecule has 112 valence electrons. The smallest absolute Gasteiger partial charge is 0.251 e. The number of anilines is 1. The van der Waals surface area contributed by atoms with E-state index in [2.05, 4.69) is 12.2 Å². The molecule has 0 aliphatic heterocycles. The van der Waals surface area contributed by atoms with Crippen molar-refractivity contribution in [2.24, 2.45) is 5.92 Å². The van der Waals surface area contributed by atoms with Gasteiger partial charge in [0.2, 0.25) is 0 Å². The predicted molar refractivity (Wildman–Crippen MR) is 86.2 cm³/mol. The van der Waals surface area contributed by atoms with Gasteiger partial charge in [0, 0.05) is 17.3 Å². The van der Waals surface area contributed by atoms with E-state index in [9.17, 15) is 4.79 Å². The number of nitrogens with one attached hydrogen (secondary N) is 1. The van der Waals surface area contributed by atoms with Crippen LogP contribution in [0.3, 0.4) is 0 Å². The zero-order chi connectivity index (χ0) is 13.7. The Hall–Kier alpha value is -1.22. The first-order chi connectivity index (χ1) is 9.19. The molecule has 1 aliphatic carbocycles. The highest BCUT2D eigenvalue weighted by atomic mass is 35.5. The molecule has 3 N–H and O–H groups in total. The van der Waals surface area contributed by atoms with Crippen molar-refractivity contribution in [1.29, 1.82) is 0 Å². The zero-order valence-corrected chi connectivity index (χ0v) is 12.9. The summed E-state index contributed by atoms with van der Waals surface area (Å²) in [6, 6.07) is 7.50. The van der Waals surface area contributed by atoms with Gasteiger partial charge in [-0.3, -0.25) is 4.79 Å². The van der Waals surface area contributed by atoms with Crippen molar-refractivity contribution >= 4 is 24.0 Å². The Balaban J connectivity index is 0.00000200. The van der Waals surface area contributed by atoms with Crippen LogP contribution in [0.5, 0.6) is 0 Å².